The maximum atomic E-state index is 12.0. The zero-order chi connectivity index (χ0) is 15.7. The van der Waals surface area contributed by atoms with Gasteiger partial charge in [0.25, 0.3) is 5.91 Å². The van der Waals surface area contributed by atoms with Gasteiger partial charge >= 0.3 is 6.18 Å². The number of anilines is 1. The molecule has 2 N–H and O–H groups in total. The molecule has 0 bridgehead atoms. The SMILES string of the molecule is O=C1NCCCc2nc(NS(=O)(=O)CCC(F)(F)F)sc21. The number of aromatic nitrogens is 1. The minimum absolute atomic E-state index is 0.0841. The molecule has 0 fully saturated rings. The van der Waals surface area contributed by atoms with Gasteiger partial charge in [0.1, 0.15) is 4.88 Å². The van der Waals surface area contributed by atoms with Crippen LogP contribution in [0.2, 0.25) is 0 Å². The number of nitrogens with one attached hydrogen (secondary N) is 2. The van der Waals surface area contributed by atoms with Gasteiger partial charge in [-0.05, 0) is 12.8 Å². The highest BCUT2D eigenvalue weighted by Gasteiger charge is 2.30. The van der Waals surface area contributed by atoms with E-state index >= 15 is 0 Å². The minimum Gasteiger partial charge on any atom is -0.351 e. The predicted octanol–water partition coefficient (Wildman–Crippen LogP) is 1.51. The molecule has 2 heterocycles. The molecule has 0 radical (unpaired) electrons. The third-order valence-corrected chi connectivity index (χ3v) is 5.06. The van der Waals surface area contributed by atoms with E-state index in [1.54, 1.807) is 0 Å². The van der Waals surface area contributed by atoms with E-state index in [0.717, 1.165) is 11.3 Å². The van der Waals surface area contributed by atoms with Crippen molar-refractivity contribution >= 4 is 32.4 Å². The van der Waals surface area contributed by atoms with Crippen molar-refractivity contribution < 1.29 is 26.4 Å². The molecule has 1 aliphatic heterocycles. The molecule has 0 saturated carbocycles. The lowest BCUT2D eigenvalue weighted by molar-refractivity contribution is -0.129. The van der Waals surface area contributed by atoms with Crippen molar-refractivity contribution in [3.63, 3.8) is 0 Å². The number of carbonyl (C=O) groups is 1. The lowest BCUT2D eigenvalue weighted by Gasteiger charge is -2.07. The number of nitrogens with zero attached hydrogens (tertiary/aromatic N) is 1. The van der Waals surface area contributed by atoms with Gasteiger partial charge in [-0.2, -0.15) is 13.2 Å². The zero-order valence-electron chi connectivity index (χ0n) is 10.7. The van der Waals surface area contributed by atoms with Gasteiger partial charge in [0, 0.05) is 6.54 Å². The number of amides is 1. The van der Waals surface area contributed by atoms with Crippen molar-refractivity contribution in [1.29, 1.82) is 0 Å². The quantitative estimate of drug-likeness (QED) is 0.867. The number of halogens is 3. The molecule has 0 aliphatic carbocycles. The third kappa shape index (κ3) is 4.56. The first kappa shape index (κ1) is 16.0. The molecule has 1 aromatic rings. The van der Waals surface area contributed by atoms with Crippen LogP contribution in [-0.2, 0) is 16.4 Å². The number of fused-ring (bicyclic) bond motifs is 1. The van der Waals surface area contributed by atoms with Gasteiger partial charge in [0.15, 0.2) is 5.13 Å². The molecule has 0 unspecified atom stereocenters. The molecule has 1 aromatic heterocycles. The van der Waals surface area contributed by atoms with E-state index in [1.807, 2.05) is 4.72 Å². The Bertz CT molecular complexity index is 640. The Morgan fingerprint density at radius 3 is 2.76 bits per heavy atom. The molecule has 0 aromatic carbocycles. The molecule has 21 heavy (non-hydrogen) atoms. The van der Waals surface area contributed by atoms with Crippen LogP contribution >= 0.6 is 11.3 Å². The van der Waals surface area contributed by atoms with Crippen LogP contribution in [0.15, 0.2) is 0 Å². The summed E-state index contributed by atoms with van der Waals surface area (Å²) in [5.74, 6) is -1.42. The number of alkyl halides is 3. The normalized spacial score (nSPS) is 16.0. The van der Waals surface area contributed by atoms with Gasteiger partial charge in [-0.15, -0.1) is 0 Å². The second-order valence-electron chi connectivity index (χ2n) is 4.44. The fraction of sp³-hybridized carbons (Fsp3) is 0.600. The third-order valence-electron chi connectivity index (χ3n) is 2.68. The summed E-state index contributed by atoms with van der Waals surface area (Å²) in [6, 6.07) is 0. The topological polar surface area (TPSA) is 88.2 Å². The smallest absolute Gasteiger partial charge is 0.351 e. The minimum atomic E-state index is -4.55. The first-order chi connectivity index (χ1) is 9.66. The van der Waals surface area contributed by atoms with E-state index < -0.39 is 28.4 Å². The van der Waals surface area contributed by atoms with Crippen LogP contribution in [0.5, 0.6) is 0 Å². The second kappa shape index (κ2) is 5.79. The molecule has 1 amide bonds. The van der Waals surface area contributed by atoms with E-state index in [1.165, 1.54) is 0 Å². The molecular formula is C10H12F3N3O3S2. The number of rotatable bonds is 4. The van der Waals surface area contributed by atoms with Crippen LogP contribution < -0.4 is 10.0 Å². The summed E-state index contributed by atoms with van der Waals surface area (Å²) in [6.07, 6.45) is -4.81. The Hall–Kier alpha value is -1.36. The number of carbonyl (C=O) groups excluding carboxylic acids is 1. The van der Waals surface area contributed by atoms with Crippen LogP contribution in [0.25, 0.3) is 0 Å². The Kier molecular flexibility index (Phi) is 4.42. The maximum absolute atomic E-state index is 12.0. The first-order valence-corrected chi connectivity index (χ1v) is 8.48. The van der Waals surface area contributed by atoms with Crippen molar-refractivity contribution in [1.82, 2.24) is 10.3 Å². The highest BCUT2D eigenvalue weighted by Crippen LogP contribution is 2.27. The molecule has 0 saturated heterocycles. The zero-order valence-corrected chi connectivity index (χ0v) is 12.3. The van der Waals surface area contributed by atoms with Gasteiger partial charge < -0.3 is 5.32 Å². The average Bonchev–Trinajstić information content (AvgIpc) is 2.66. The molecule has 118 valence electrons. The number of thiazole rings is 1. The monoisotopic (exact) mass is 343 g/mol. The van der Waals surface area contributed by atoms with Gasteiger partial charge in [0.2, 0.25) is 10.0 Å². The maximum Gasteiger partial charge on any atom is 0.390 e. The highest BCUT2D eigenvalue weighted by atomic mass is 32.2. The van der Waals surface area contributed by atoms with E-state index in [4.69, 9.17) is 0 Å². The van der Waals surface area contributed by atoms with Crippen molar-refractivity contribution in [2.45, 2.75) is 25.4 Å². The lowest BCUT2D eigenvalue weighted by Crippen LogP contribution is -2.22. The van der Waals surface area contributed by atoms with Crippen molar-refractivity contribution in [2.75, 3.05) is 17.0 Å². The largest absolute Gasteiger partial charge is 0.390 e. The molecule has 6 nitrogen and oxygen atoms in total. The fourth-order valence-electron chi connectivity index (χ4n) is 1.71. The van der Waals surface area contributed by atoms with Crippen molar-refractivity contribution in [2.24, 2.45) is 0 Å². The Morgan fingerprint density at radius 2 is 2.10 bits per heavy atom. The van der Waals surface area contributed by atoms with Gasteiger partial charge in [-0.1, -0.05) is 11.3 Å². The van der Waals surface area contributed by atoms with E-state index in [2.05, 4.69) is 10.3 Å². The van der Waals surface area contributed by atoms with Gasteiger partial charge in [-0.25, -0.2) is 13.4 Å². The average molecular weight is 343 g/mol. The standard InChI is InChI=1S/C10H12F3N3O3S2/c11-10(12,13)3-5-21(18,19)16-9-15-6-2-1-4-14-8(17)7(6)20-9/h1-5H2,(H,14,17)(H,15,16). The summed E-state index contributed by atoms with van der Waals surface area (Å²) >= 11 is 0.822. The summed E-state index contributed by atoms with van der Waals surface area (Å²) in [5, 5.41) is 2.54. The van der Waals surface area contributed by atoms with Gasteiger partial charge in [-0.3, -0.25) is 9.52 Å². The number of aryl methyl sites for hydroxylation is 1. The lowest BCUT2D eigenvalue weighted by atomic mass is 10.2. The van der Waals surface area contributed by atoms with Crippen LogP contribution in [0, 0.1) is 0 Å². The summed E-state index contributed by atoms with van der Waals surface area (Å²) in [4.78, 5) is 15.9. The van der Waals surface area contributed by atoms with Crippen LogP contribution in [-0.4, -0.2) is 37.8 Å². The van der Waals surface area contributed by atoms with Crippen molar-refractivity contribution in [3.05, 3.63) is 10.6 Å². The van der Waals surface area contributed by atoms with Crippen LogP contribution in [0.4, 0.5) is 18.3 Å². The Balaban J connectivity index is 2.10. The van der Waals surface area contributed by atoms with Gasteiger partial charge in [0.05, 0.1) is 17.9 Å². The van der Waals surface area contributed by atoms with E-state index in [9.17, 15) is 26.4 Å². The summed E-state index contributed by atoms with van der Waals surface area (Å²) < 4.78 is 61.3. The molecule has 2 rings (SSSR count). The van der Waals surface area contributed by atoms with Crippen LogP contribution in [0.3, 0.4) is 0 Å². The summed E-state index contributed by atoms with van der Waals surface area (Å²) in [6.45, 7) is 0.508. The first-order valence-electron chi connectivity index (χ1n) is 6.01. The second-order valence-corrected chi connectivity index (χ2v) is 7.28. The molecule has 1 aliphatic rings. The van der Waals surface area contributed by atoms with Crippen LogP contribution in [0.1, 0.15) is 28.2 Å². The number of hydrogen-bond acceptors (Lipinski definition) is 5. The predicted molar refractivity (Wildman–Crippen MR) is 70.8 cm³/mol. The molecule has 11 heteroatoms. The Labute approximate surface area is 122 Å². The van der Waals surface area contributed by atoms with Crippen molar-refractivity contribution in [3.8, 4) is 0 Å². The summed E-state index contributed by atoms with van der Waals surface area (Å²) in [5.41, 5.74) is 0.462. The molecule has 0 atom stereocenters. The molecule has 0 spiro atoms. The number of hydrogen-bond donors (Lipinski definition) is 2. The fourth-order valence-corrected chi connectivity index (χ4v) is 3.96. The Morgan fingerprint density at radius 1 is 1.38 bits per heavy atom. The van der Waals surface area contributed by atoms with E-state index in [0.29, 0.717) is 30.0 Å². The van der Waals surface area contributed by atoms with E-state index in [-0.39, 0.29) is 11.0 Å². The molecular weight excluding hydrogens is 331 g/mol. The summed E-state index contributed by atoms with van der Waals surface area (Å²) in [7, 11) is -4.15. The number of sulfonamides is 1. The highest BCUT2D eigenvalue weighted by molar-refractivity contribution is 7.92.